The molecule has 0 fully saturated rings. The van der Waals surface area contributed by atoms with Crippen LogP contribution in [0.5, 0.6) is 11.6 Å². The molecule has 0 bridgehead atoms. The summed E-state index contributed by atoms with van der Waals surface area (Å²) in [5, 5.41) is 4.57. The summed E-state index contributed by atoms with van der Waals surface area (Å²) in [4.78, 5) is 24.1. The number of aromatic nitrogens is 3. The summed E-state index contributed by atoms with van der Waals surface area (Å²) < 4.78 is 6.91. The van der Waals surface area contributed by atoms with Crippen molar-refractivity contribution in [2.45, 2.75) is 6.92 Å². The molecule has 1 amide bonds. The fourth-order valence-electron chi connectivity index (χ4n) is 2.40. The van der Waals surface area contributed by atoms with Gasteiger partial charge in [0.05, 0.1) is 15.6 Å². The summed E-state index contributed by atoms with van der Waals surface area (Å²) in [6.07, 6.45) is 1.43. The van der Waals surface area contributed by atoms with Crippen molar-refractivity contribution >= 4 is 55.1 Å². The van der Waals surface area contributed by atoms with E-state index in [1.54, 1.807) is 12.1 Å². The van der Waals surface area contributed by atoms with E-state index in [0.29, 0.717) is 32.8 Å². The quantitative estimate of drug-likeness (QED) is 0.568. The molecule has 0 atom stereocenters. The van der Waals surface area contributed by atoms with E-state index in [1.165, 1.54) is 24.6 Å². The number of carbonyl (C=O) groups is 1. The lowest BCUT2D eigenvalue weighted by atomic mass is 10.2. The number of hydrogen-bond acceptors (Lipinski definition) is 6. The number of carbonyl (C=O) groups excluding carboxylic acids is 1. The van der Waals surface area contributed by atoms with Crippen LogP contribution in [-0.4, -0.2) is 20.9 Å². The van der Waals surface area contributed by atoms with Gasteiger partial charge >= 0.3 is 0 Å². The van der Waals surface area contributed by atoms with Gasteiger partial charge in [0, 0.05) is 11.9 Å². The van der Waals surface area contributed by atoms with Gasteiger partial charge in [0.25, 0.3) is 0 Å². The second-order valence-electron chi connectivity index (χ2n) is 5.25. The van der Waals surface area contributed by atoms with Crippen LogP contribution in [0.25, 0.3) is 21.1 Å². The van der Waals surface area contributed by atoms with Crippen molar-refractivity contribution in [2.75, 3.05) is 5.32 Å². The SMILES string of the molecule is CC(=O)Nc1nc2c(Oc3ncnc4cc(Cl)ccc34)cccc2s1. The van der Waals surface area contributed by atoms with Gasteiger partial charge in [-0.25, -0.2) is 15.0 Å². The summed E-state index contributed by atoms with van der Waals surface area (Å²) in [5.74, 6) is 0.809. The van der Waals surface area contributed by atoms with E-state index in [9.17, 15) is 4.79 Å². The Balaban J connectivity index is 1.78. The van der Waals surface area contributed by atoms with Crippen molar-refractivity contribution in [1.29, 1.82) is 0 Å². The van der Waals surface area contributed by atoms with Gasteiger partial charge in [-0.2, -0.15) is 0 Å². The molecule has 8 heteroatoms. The molecule has 0 saturated carbocycles. The van der Waals surface area contributed by atoms with Gasteiger partial charge in [0.2, 0.25) is 11.8 Å². The van der Waals surface area contributed by atoms with Gasteiger partial charge in [0.15, 0.2) is 10.9 Å². The van der Waals surface area contributed by atoms with Crippen molar-refractivity contribution in [1.82, 2.24) is 15.0 Å². The number of nitrogens with one attached hydrogen (secondary N) is 1. The smallest absolute Gasteiger partial charge is 0.230 e. The van der Waals surface area contributed by atoms with Crippen LogP contribution in [0.4, 0.5) is 5.13 Å². The summed E-state index contributed by atoms with van der Waals surface area (Å²) in [6.45, 7) is 1.45. The number of nitrogens with zero attached hydrogens (tertiary/aromatic N) is 3. The number of fused-ring (bicyclic) bond motifs is 2. The summed E-state index contributed by atoms with van der Waals surface area (Å²) in [5.41, 5.74) is 1.36. The minimum Gasteiger partial charge on any atom is -0.436 e. The number of rotatable bonds is 3. The van der Waals surface area contributed by atoms with E-state index >= 15 is 0 Å². The normalized spacial score (nSPS) is 11.0. The Labute approximate surface area is 151 Å². The molecule has 2 aromatic carbocycles. The van der Waals surface area contributed by atoms with E-state index in [4.69, 9.17) is 16.3 Å². The average molecular weight is 371 g/mol. The van der Waals surface area contributed by atoms with E-state index < -0.39 is 0 Å². The van der Waals surface area contributed by atoms with Crippen LogP contribution in [0.3, 0.4) is 0 Å². The highest BCUT2D eigenvalue weighted by atomic mass is 35.5. The Bertz CT molecular complexity index is 1110. The van der Waals surface area contributed by atoms with Crippen LogP contribution >= 0.6 is 22.9 Å². The first kappa shape index (κ1) is 15.7. The Hall–Kier alpha value is -2.77. The first-order valence-corrected chi connectivity index (χ1v) is 8.55. The van der Waals surface area contributed by atoms with Crippen molar-refractivity contribution < 1.29 is 9.53 Å². The Morgan fingerprint density at radius 1 is 1.24 bits per heavy atom. The molecular formula is C17H11ClN4O2S. The number of para-hydroxylation sites is 1. The van der Waals surface area contributed by atoms with Gasteiger partial charge in [-0.05, 0) is 30.3 Å². The molecule has 0 aliphatic heterocycles. The van der Waals surface area contributed by atoms with Gasteiger partial charge in [0.1, 0.15) is 11.8 Å². The molecule has 2 aromatic heterocycles. The van der Waals surface area contributed by atoms with Crippen molar-refractivity contribution in [3.05, 3.63) is 47.7 Å². The van der Waals surface area contributed by atoms with Gasteiger partial charge in [-0.1, -0.05) is 29.0 Å². The molecule has 25 heavy (non-hydrogen) atoms. The maximum Gasteiger partial charge on any atom is 0.230 e. The lowest BCUT2D eigenvalue weighted by Gasteiger charge is -2.07. The molecule has 2 heterocycles. The standard InChI is InChI=1S/C17H11ClN4O2S/c1-9(23)21-17-22-15-13(3-2-4-14(15)25-17)24-16-11-6-5-10(18)7-12(11)19-8-20-16/h2-8H,1H3,(H,21,22,23). The van der Waals surface area contributed by atoms with Gasteiger partial charge < -0.3 is 10.1 Å². The van der Waals surface area contributed by atoms with E-state index in [1.807, 2.05) is 24.3 Å². The maximum atomic E-state index is 11.2. The predicted octanol–water partition coefficient (Wildman–Crippen LogP) is 4.64. The number of amides is 1. The zero-order chi connectivity index (χ0) is 17.4. The highest BCUT2D eigenvalue weighted by Crippen LogP contribution is 2.36. The highest BCUT2D eigenvalue weighted by molar-refractivity contribution is 7.22. The second kappa shape index (κ2) is 6.27. The molecule has 4 rings (SSSR count). The zero-order valence-corrected chi connectivity index (χ0v) is 14.6. The lowest BCUT2D eigenvalue weighted by Crippen LogP contribution is -2.04. The Kier molecular flexibility index (Phi) is 3.95. The molecule has 0 radical (unpaired) electrons. The largest absolute Gasteiger partial charge is 0.436 e. The van der Waals surface area contributed by atoms with Crippen LogP contribution in [0.2, 0.25) is 5.02 Å². The molecule has 6 nitrogen and oxygen atoms in total. The topological polar surface area (TPSA) is 77.0 Å². The molecule has 1 N–H and O–H groups in total. The molecule has 0 unspecified atom stereocenters. The predicted molar refractivity (Wildman–Crippen MR) is 98.5 cm³/mol. The van der Waals surface area contributed by atoms with Crippen LogP contribution in [-0.2, 0) is 4.79 Å². The number of halogens is 1. The number of thiazole rings is 1. The summed E-state index contributed by atoms with van der Waals surface area (Å²) >= 11 is 7.39. The minimum absolute atomic E-state index is 0.166. The van der Waals surface area contributed by atoms with Gasteiger partial charge in [-0.15, -0.1) is 0 Å². The first-order valence-electron chi connectivity index (χ1n) is 7.35. The summed E-state index contributed by atoms with van der Waals surface area (Å²) in [7, 11) is 0. The molecular weight excluding hydrogens is 360 g/mol. The van der Waals surface area contributed by atoms with E-state index in [2.05, 4.69) is 20.3 Å². The third kappa shape index (κ3) is 3.11. The molecule has 0 aliphatic rings. The van der Waals surface area contributed by atoms with Crippen LogP contribution in [0.15, 0.2) is 42.7 Å². The Morgan fingerprint density at radius 3 is 2.96 bits per heavy atom. The van der Waals surface area contributed by atoms with Crippen LogP contribution < -0.4 is 10.1 Å². The Morgan fingerprint density at radius 2 is 2.12 bits per heavy atom. The van der Waals surface area contributed by atoms with Gasteiger partial charge in [-0.3, -0.25) is 4.79 Å². The number of ether oxygens (including phenoxy) is 1. The highest BCUT2D eigenvalue weighted by Gasteiger charge is 2.13. The van der Waals surface area contributed by atoms with E-state index in [-0.39, 0.29) is 5.91 Å². The van der Waals surface area contributed by atoms with Crippen LogP contribution in [0, 0.1) is 0 Å². The number of hydrogen-bond donors (Lipinski definition) is 1. The number of benzene rings is 2. The molecule has 0 spiro atoms. The van der Waals surface area contributed by atoms with Crippen molar-refractivity contribution in [3.63, 3.8) is 0 Å². The van der Waals surface area contributed by atoms with Crippen molar-refractivity contribution in [3.8, 4) is 11.6 Å². The molecule has 4 aromatic rings. The van der Waals surface area contributed by atoms with Crippen LogP contribution in [0.1, 0.15) is 6.92 Å². The maximum absolute atomic E-state index is 11.2. The monoisotopic (exact) mass is 370 g/mol. The number of anilines is 1. The fraction of sp³-hybridized carbons (Fsp3) is 0.0588. The zero-order valence-electron chi connectivity index (χ0n) is 13.0. The minimum atomic E-state index is -0.166. The van der Waals surface area contributed by atoms with Crippen molar-refractivity contribution in [2.24, 2.45) is 0 Å². The van der Waals surface area contributed by atoms with E-state index in [0.717, 1.165) is 10.1 Å². The third-order valence-electron chi connectivity index (χ3n) is 3.43. The molecule has 124 valence electrons. The molecule has 0 saturated heterocycles. The molecule has 0 aliphatic carbocycles. The second-order valence-corrected chi connectivity index (χ2v) is 6.71. The lowest BCUT2D eigenvalue weighted by molar-refractivity contribution is -0.114. The summed E-state index contributed by atoms with van der Waals surface area (Å²) in [6, 6.07) is 10.9. The first-order chi connectivity index (χ1) is 12.1. The average Bonchev–Trinajstić information content (AvgIpc) is 2.97. The third-order valence-corrected chi connectivity index (χ3v) is 4.60. The fourth-order valence-corrected chi connectivity index (χ4v) is 3.50.